The largest absolute Gasteiger partial charge is 0.452 e. The summed E-state index contributed by atoms with van der Waals surface area (Å²) in [6, 6.07) is 4.42. The molecule has 0 spiro atoms. The van der Waals surface area contributed by atoms with Gasteiger partial charge in [-0.2, -0.15) is 4.31 Å². The van der Waals surface area contributed by atoms with E-state index < -0.39 is 28.5 Å². The fraction of sp³-hybridized carbons (Fsp3) is 0.529. The average Bonchev–Trinajstić information content (AvgIpc) is 2.61. The van der Waals surface area contributed by atoms with Crippen molar-refractivity contribution in [2.24, 2.45) is 0 Å². The molecular formula is C17H24N2O5S. The van der Waals surface area contributed by atoms with Gasteiger partial charge in [-0.25, -0.2) is 13.2 Å². The number of nitrogens with one attached hydrogen (secondary N) is 1. The summed E-state index contributed by atoms with van der Waals surface area (Å²) in [6.07, 6.45) is 2.70. The van der Waals surface area contributed by atoms with Gasteiger partial charge in [0.05, 0.1) is 10.5 Å². The Hall–Kier alpha value is -1.93. The molecule has 0 bridgehead atoms. The van der Waals surface area contributed by atoms with E-state index >= 15 is 0 Å². The molecule has 1 heterocycles. The lowest BCUT2D eigenvalue weighted by atomic mass is 10.1. The number of carbonyl (C=O) groups is 2. The summed E-state index contributed by atoms with van der Waals surface area (Å²) < 4.78 is 31.9. The number of hydrogen-bond acceptors (Lipinski definition) is 5. The van der Waals surface area contributed by atoms with Crippen LogP contribution in [0.5, 0.6) is 0 Å². The predicted octanol–water partition coefficient (Wildman–Crippen LogP) is 1.46. The molecule has 1 aromatic carbocycles. The highest BCUT2D eigenvalue weighted by molar-refractivity contribution is 7.89. The van der Waals surface area contributed by atoms with Gasteiger partial charge in [0.15, 0.2) is 6.61 Å². The Balaban J connectivity index is 2.19. The zero-order valence-corrected chi connectivity index (χ0v) is 15.4. The van der Waals surface area contributed by atoms with Gasteiger partial charge in [0.25, 0.3) is 5.91 Å². The van der Waals surface area contributed by atoms with Crippen LogP contribution >= 0.6 is 0 Å². The maximum atomic E-state index is 12.7. The van der Waals surface area contributed by atoms with Crippen LogP contribution in [0, 0.1) is 6.92 Å². The third-order valence-electron chi connectivity index (χ3n) is 4.09. The Morgan fingerprint density at radius 1 is 1.20 bits per heavy atom. The minimum Gasteiger partial charge on any atom is -0.452 e. The second kappa shape index (κ2) is 8.44. The summed E-state index contributed by atoms with van der Waals surface area (Å²) in [7, 11) is -3.63. The lowest BCUT2D eigenvalue weighted by Crippen LogP contribution is -2.35. The van der Waals surface area contributed by atoms with Gasteiger partial charge in [0, 0.05) is 19.6 Å². The van der Waals surface area contributed by atoms with E-state index in [0.29, 0.717) is 25.2 Å². The van der Waals surface area contributed by atoms with E-state index in [4.69, 9.17) is 4.74 Å². The molecule has 0 radical (unpaired) electrons. The molecule has 0 saturated carbocycles. The zero-order valence-electron chi connectivity index (χ0n) is 14.6. The van der Waals surface area contributed by atoms with Crippen LogP contribution in [0.25, 0.3) is 0 Å². The second-order valence-corrected chi connectivity index (χ2v) is 7.91. The SMILES string of the molecule is CCNC(=O)COC(=O)c1cc(S(=O)(=O)N2CCCCC2)ccc1C. The van der Waals surface area contributed by atoms with Crippen molar-refractivity contribution in [3.63, 3.8) is 0 Å². The number of likely N-dealkylation sites (N-methyl/N-ethyl adjacent to an activating group) is 1. The summed E-state index contributed by atoms with van der Waals surface area (Å²) in [4.78, 5) is 23.7. The van der Waals surface area contributed by atoms with Crippen LogP contribution in [-0.4, -0.2) is 50.8 Å². The molecule has 1 amide bonds. The van der Waals surface area contributed by atoms with E-state index in [0.717, 1.165) is 19.3 Å². The fourth-order valence-corrected chi connectivity index (χ4v) is 4.24. The minimum atomic E-state index is -3.63. The standard InChI is InChI=1S/C17H24N2O5S/c1-3-18-16(20)12-24-17(21)15-11-14(8-7-13(15)2)25(22,23)19-9-5-4-6-10-19/h7-8,11H,3-6,9-10,12H2,1-2H3,(H,18,20). The van der Waals surface area contributed by atoms with Crippen LogP contribution in [0.1, 0.15) is 42.1 Å². The summed E-state index contributed by atoms with van der Waals surface area (Å²) in [6.45, 7) is 4.49. The van der Waals surface area contributed by atoms with Crippen molar-refractivity contribution >= 4 is 21.9 Å². The second-order valence-electron chi connectivity index (χ2n) is 5.97. The molecule has 1 fully saturated rings. The molecule has 25 heavy (non-hydrogen) atoms. The van der Waals surface area contributed by atoms with Gasteiger partial charge in [0.1, 0.15) is 0 Å². The van der Waals surface area contributed by atoms with Crippen LogP contribution in [0.4, 0.5) is 0 Å². The van der Waals surface area contributed by atoms with Crippen molar-refractivity contribution in [2.45, 2.75) is 38.0 Å². The van der Waals surface area contributed by atoms with Gasteiger partial charge >= 0.3 is 5.97 Å². The highest BCUT2D eigenvalue weighted by Gasteiger charge is 2.27. The number of ether oxygens (including phenoxy) is 1. The Bertz CT molecular complexity index is 739. The third kappa shape index (κ3) is 4.79. The van der Waals surface area contributed by atoms with E-state index in [1.54, 1.807) is 19.9 Å². The molecule has 1 aliphatic rings. The lowest BCUT2D eigenvalue weighted by molar-refractivity contribution is -0.124. The molecule has 1 aromatic rings. The van der Waals surface area contributed by atoms with Gasteiger partial charge < -0.3 is 10.1 Å². The molecule has 0 aliphatic carbocycles. The first-order chi connectivity index (χ1) is 11.9. The first-order valence-corrected chi connectivity index (χ1v) is 9.85. The van der Waals surface area contributed by atoms with Gasteiger partial charge in [-0.1, -0.05) is 12.5 Å². The van der Waals surface area contributed by atoms with Crippen molar-refractivity contribution < 1.29 is 22.7 Å². The van der Waals surface area contributed by atoms with Crippen molar-refractivity contribution in [3.05, 3.63) is 29.3 Å². The molecule has 0 unspecified atom stereocenters. The van der Waals surface area contributed by atoms with Crippen LogP contribution in [-0.2, 0) is 19.6 Å². The number of benzene rings is 1. The summed E-state index contributed by atoms with van der Waals surface area (Å²) in [5.41, 5.74) is 0.751. The molecule has 1 N–H and O–H groups in total. The number of amides is 1. The number of aryl methyl sites for hydroxylation is 1. The topological polar surface area (TPSA) is 92.8 Å². The molecule has 1 saturated heterocycles. The molecule has 8 heteroatoms. The number of esters is 1. The van der Waals surface area contributed by atoms with E-state index in [9.17, 15) is 18.0 Å². The number of rotatable bonds is 6. The lowest BCUT2D eigenvalue weighted by Gasteiger charge is -2.26. The number of carbonyl (C=O) groups excluding carboxylic acids is 2. The number of piperidine rings is 1. The highest BCUT2D eigenvalue weighted by Crippen LogP contribution is 2.23. The maximum Gasteiger partial charge on any atom is 0.338 e. The number of hydrogen-bond donors (Lipinski definition) is 1. The van der Waals surface area contributed by atoms with Crippen LogP contribution in [0.15, 0.2) is 23.1 Å². The van der Waals surface area contributed by atoms with Crippen molar-refractivity contribution in [1.29, 1.82) is 0 Å². The molecule has 0 atom stereocenters. The van der Waals surface area contributed by atoms with E-state index in [-0.39, 0.29) is 10.5 Å². The van der Waals surface area contributed by atoms with Crippen molar-refractivity contribution in [2.75, 3.05) is 26.2 Å². The minimum absolute atomic E-state index is 0.0740. The Kier molecular flexibility index (Phi) is 6.55. The molecule has 0 aromatic heterocycles. The summed E-state index contributed by atoms with van der Waals surface area (Å²) in [5, 5.41) is 2.53. The van der Waals surface area contributed by atoms with Gasteiger partial charge in [-0.15, -0.1) is 0 Å². The normalized spacial score (nSPS) is 15.6. The van der Waals surface area contributed by atoms with Crippen molar-refractivity contribution in [3.8, 4) is 0 Å². The Morgan fingerprint density at radius 3 is 2.52 bits per heavy atom. The van der Waals surface area contributed by atoms with E-state index in [2.05, 4.69) is 5.32 Å². The molecule has 1 aliphatic heterocycles. The number of nitrogens with zero attached hydrogens (tertiary/aromatic N) is 1. The maximum absolute atomic E-state index is 12.7. The fourth-order valence-electron chi connectivity index (χ4n) is 2.69. The highest BCUT2D eigenvalue weighted by atomic mass is 32.2. The average molecular weight is 368 g/mol. The molecular weight excluding hydrogens is 344 g/mol. The summed E-state index contributed by atoms with van der Waals surface area (Å²) in [5.74, 6) is -1.11. The van der Waals surface area contributed by atoms with Crippen LogP contribution in [0.2, 0.25) is 0 Å². The molecule has 138 valence electrons. The van der Waals surface area contributed by atoms with Crippen LogP contribution < -0.4 is 5.32 Å². The monoisotopic (exact) mass is 368 g/mol. The van der Waals surface area contributed by atoms with Gasteiger partial charge in [-0.05, 0) is 44.4 Å². The van der Waals surface area contributed by atoms with E-state index in [1.807, 2.05) is 0 Å². The first-order valence-electron chi connectivity index (χ1n) is 8.41. The summed E-state index contributed by atoms with van der Waals surface area (Å²) >= 11 is 0. The van der Waals surface area contributed by atoms with E-state index in [1.165, 1.54) is 16.4 Å². The van der Waals surface area contributed by atoms with Crippen molar-refractivity contribution in [1.82, 2.24) is 9.62 Å². The molecule has 2 rings (SSSR count). The first kappa shape index (κ1) is 19.4. The number of sulfonamides is 1. The molecule has 7 nitrogen and oxygen atoms in total. The smallest absolute Gasteiger partial charge is 0.338 e. The quantitative estimate of drug-likeness (QED) is 0.768. The predicted molar refractivity (Wildman–Crippen MR) is 92.8 cm³/mol. The zero-order chi connectivity index (χ0) is 18.4. The third-order valence-corrected chi connectivity index (χ3v) is 5.98. The Morgan fingerprint density at radius 2 is 1.88 bits per heavy atom. The van der Waals surface area contributed by atoms with Gasteiger partial charge in [-0.3, -0.25) is 4.79 Å². The van der Waals surface area contributed by atoms with Crippen LogP contribution in [0.3, 0.4) is 0 Å². The van der Waals surface area contributed by atoms with Gasteiger partial charge in [0.2, 0.25) is 10.0 Å². The Labute approximate surface area is 148 Å².